The average Bonchev–Trinajstić information content (AvgIpc) is 3.22. The fraction of sp³-hybridized carbons (Fsp3) is 0.500. The first-order chi connectivity index (χ1) is 11.3. The first-order valence-corrected chi connectivity index (χ1v) is 9.27. The topological polar surface area (TPSA) is 19.4 Å². The zero-order valence-electron chi connectivity index (χ0n) is 13.2. The Hall–Kier alpha value is -1.46. The number of thiazole rings is 1. The summed E-state index contributed by atoms with van der Waals surface area (Å²) in [7, 11) is 0. The van der Waals surface area contributed by atoms with Gasteiger partial charge in [0, 0.05) is 36.8 Å². The number of halogens is 1. The van der Waals surface area contributed by atoms with Gasteiger partial charge in [0.1, 0.15) is 5.82 Å². The van der Waals surface area contributed by atoms with Crippen molar-refractivity contribution in [1.29, 1.82) is 0 Å². The van der Waals surface area contributed by atoms with Crippen LogP contribution in [0.1, 0.15) is 31.2 Å². The quantitative estimate of drug-likeness (QED) is 0.850. The molecule has 0 aliphatic carbocycles. The number of piperidine rings is 1. The predicted octanol–water partition coefficient (Wildman–Crippen LogP) is 3.92. The van der Waals surface area contributed by atoms with Gasteiger partial charge in [0.25, 0.3) is 0 Å². The lowest BCUT2D eigenvalue weighted by Crippen LogP contribution is -2.51. The highest BCUT2D eigenvalue weighted by atomic mass is 32.1. The number of nitrogens with zero attached hydrogens (tertiary/aromatic N) is 3. The van der Waals surface area contributed by atoms with Crippen molar-refractivity contribution in [3.63, 3.8) is 0 Å². The Morgan fingerprint density at radius 2 is 1.87 bits per heavy atom. The second-order valence-electron chi connectivity index (χ2n) is 6.68. The largest absolute Gasteiger partial charge is 0.348 e. The molecular weight excluding hydrogens is 309 g/mol. The molecule has 5 heteroatoms. The fourth-order valence-corrected chi connectivity index (χ4v) is 4.80. The van der Waals surface area contributed by atoms with Crippen molar-refractivity contribution in [3.8, 4) is 0 Å². The third-order valence-corrected chi connectivity index (χ3v) is 6.24. The molecule has 0 bridgehead atoms. The van der Waals surface area contributed by atoms with Crippen molar-refractivity contribution in [2.45, 2.75) is 37.8 Å². The van der Waals surface area contributed by atoms with Gasteiger partial charge < -0.3 is 4.90 Å². The Labute approximate surface area is 140 Å². The second-order valence-corrected chi connectivity index (χ2v) is 7.55. The number of hydrogen-bond acceptors (Lipinski definition) is 4. The average molecular weight is 331 g/mol. The van der Waals surface area contributed by atoms with Gasteiger partial charge >= 0.3 is 0 Å². The van der Waals surface area contributed by atoms with Gasteiger partial charge in [-0.3, -0.25) is 4.90 Å². The van der Waals surface area contributed by atoms with Gasteiger partial charge in [0.2, 0.25) is 0 Å². The van der Waals surface area contributed by atoms with Gasteiger partial charge in [-0.25, -0.2) is 9.37 Å². The molecule has 0 N–H and O–H groups in total. The molecule has 2 aliphatic heterocycles. The van der Waals surface area contributed by atoms with Crippen LogP contribution < -0.4 is 4.90 Å². The third kappa shape index (κ3) is 3.00. The second kappa shape index (κ2) is 6.21. The van der Waals surface area contributed by atoms with Crippen molar-refractivity contribution < 1.29 is 4.39 Å². The number of aromatic nitrogens is 1. The summed E-state index contributed by atoms with van der Waals surface area (Å²) in [6, 6.07) is 6.99. The minimum absolute atomic E-state index is 0.151. The highest BCUT2D eigenvalue weighted by Gasteiger charge is 2.43. The molecule has 0 amide bonds. The minimum Gasteiger partial charge on any atom is -0.348 e. The van der Waals surface area contributed by atoms with Crippen molar-refractivity contribution in [2.24, 2.45) is 0 Å². The molecule has 2 aliphatic rings. The number of anilines is 1. The van der Waals surface area contributed by atoms with E-state index in [1.165, 1.54) is 31.2 Å². The normalized spacial score (nSPS) is 21.2. The van der Waals surface area contributed by atoms with Gasteiger partial charge in [-0.1, -0.05) is 12.1 Å². The zero-order chi connectivity index (χ0) is 15.7. The Balaban J connectivity index is 1.44. The predicted molar refractivity (Wildman–Crippen MR) is 92.3 cm³/mol. The van der Waals surface area contributed by atoms with Crippen LogP contribution in [-0.2, 0) is 6.54 Å². The summed E-state index contributed by atoms with van der Waals surface area (Å²) in [4.78, 5) is 9.50. The molecule has 3 nitrogen and oxygen atoms in total. The third-order valence-electron chi connectivity index (χ3n) is 5.41. The maximum atomic E-state index is 13.1. The molecule has 2 saturated heterocycles. The molecule has 0 radical (unpaired) electrons. The Kier molecular flexibility index (Phi) is 4.07. The molecule has 122 valence electrons. The smallest absolute Gasteiger partial charge is 0.185 e. The fourth-order valence-electron chi connectivity index (χ4n) is 4.10. The van der Waals surface area contributed by atoms with Crippen LogP contribution >= 0.6 is 11.3 Å². The van der Waals surface area contributed by atoms with Gasteiger partial charge in [-0.2, -0.15) is 0 Å². The number of rotatable bonds is 3. The SMILES string of the molecule is Fc1ccc(CN2CCCC23CCN(c2nccs2)CC3)cc1. The van der Waals surface area contributed by atoms with Crippen molar-refractivity contribution >= 4 is 16.5 Å². The Bertz CT molecular complexity index is 633. The van der Waals surface area contributed by atoms with Crippen LogP contribution in [-0.4, -0.2) is 35.1 Å². The Morgan fingerprint density at radius 3 is 2.57 bits per heavy atom. The summed E-state index contributed by atoms with van der Waals surface area (Å²) < 4.78 is 13.1. The summed E-state index contributed by atoms with van der Waals surface area (Å²) in [5.41, 5.74) is 1.55. The summed E-state index contributed by atoms with van der Waals surface area (Å²) in [6.07, 6.45) is 6.86. The standard InChI is InChI=1S/C18H22FN3S/c19-16-4-2-15(3-5-16)14-22-10-1-6-18(22)7-11-21(12-8-18)17-20-9-13-23-17/h2-5,9,13H,1,6-8,10-12,14H2. The first kappa shape index (κ1) is 15.1. The molecule has 1 spiro atoms. The van der Waals surface area contributed by atoms with Crippen molar-refractivity contribution in [3.05, 3.63) is 47.2 Å². The van der Waals surface area contributed by atoms with E-state index in [4.69, 9.17) is 0 Å². The Morgan fingerprint density at radius 1 is 1.09 bits per heavy atom. The molecule has 3 heterocycles. The highest BCUT2D eigenvalue weighted by molar-refractivity contribution is 7.13. The molecule has 2 fully saturated rings. The molecule has 23 heavy (non-hydrogen) atoms. The van der Waals surface area contributed by atoms with Gasteiger partial charge in [0.15, 0.2) is 5.13 Å². The maximum absolute atomic E-state index is 13.1. The molecule has 0 unspecified atom stereocenters. The van der Waals surface area contributed by atoms with Crippen molar-refractivity contribution in [1.82, 2.24) is 9.88 Å². The molecule has 0 saturated carbocycles. The van der Waals surface area contributed by atoms with E-state index in [0.29, 0.717) is 5.54 Å². The summed E-state index contributed by atoms with van der Waals surface area (Å²) in [6.45, 7) is 4.28. The molecule has 2 aromatic rings. The zero-order valence-corrected chi connectivity index (χ0v) is 14.1. The van der Waals surface area contributed by atoms with Gasteiger partial charge in [-0.15, -0.1) is 11.3 Å². The number of benzene rings is 1. The van der Waals surface area contributed by atoms with Crippen LogP contribution in [0.2, 0.25) is 0 Å². The van der Waals surface area contributed by atoms with E-state index in [0.717, 1.165) is 31.3 Å². The van der Waals surface area contributed by atoms with Crippen LogP contribution in [0.4, 0.5) is 9.52 Å². The monoisotopic (exact) mass is 331 g/mol. The van der Waals surface area contributed by atoms with E-state index in [1.54, 1.807) is 23.5 Å². The van der Waals surface area contributed by atoms with E-state index in [1.807, 2.05) is 18.3 Å². The molecular formula is C18H22FN3S. The maximum Gasteiger partial charge on any atom is 0.185 e. The van der Waals surface area contributed by atoms with Crippen LogP contribution in [0.5, 0.6) is 0 Å². The van der Waals surface area contributed by atoms with Crippen molar-refractivity contribution in [2.75, 3.05) is 24.5 Å². The van der Waals surface area contributed by atoms with E-state index in [2.05, 4.69) is 20.2 Å². The van der Waals surface area contributed by atoms with E-state index < -0.39 is 0 Å². The summed E-state index contributed by atoms with van der Waals surface area (Å²) >= 11 is 1.73. The van der Waals surface area contributed by atoms with E-state index in [-0.39, 0.29) is 5.82 Å². The number of likely N-dealkylation sites (tertiary alicyclic amines) is 1. The van der Waals surface area contributed by atoms with Gasteiger partial charge in [0.05, 0.1) is 0 Å². The molecule has 0 atom stereocenters. The minimum atomic E-state index is -0.151. The lowest BCUT2D eigenvalue weighted by molar-refractivity contribution is 0.0998. The van der Waals surface area contributed by atoms with E-state index >= 15 is 0 Å². The van der Waals surface area contributed by atoms with Gasteiger partial charge in [-0.05, 0) is 49.9 Å². The first-order valence-electron chi connectivity index (χ1n) is 8.39. The lowest BCUT2D eigenvalue weighted by atomic mass is 9.85. The number of hydrogen-bond donors (Lipinski definition) is 0. The van der Waals surface area contributed by atoms with Crippen LogP contribution in [0.3, 0.4) is 0 Å². The van der Waals surface area contributed by atoms with Crippen LogP contribution in [0.25, 0.3) is 0 Å². The summed E-state index contributed by atoms with van der Waals surface area (Å²) in [5.74, 6) is -0.151. The lowest BCUT2D eigenvalue weighted by Gasteiger charge is -2.45. The summed E-state index contributed by atoms with van der Waals surface area (Å²) in [5, 5.41) is 3.21. The van der Waals surface area contributed by atoms with E-state index in [9.17, 15) is 4.39 Å². The molecule has 4 rings (SSSR count). The van der Waals surface area contributed by atoms with Crippen LogP contribution in [0.15, 0.2) is 35.8 Å². The molecule has 1 aromatic carbocycles. The highest BCUT2D eigenvalue weighted by Crippen LogP contribution is 2.40. The molecule has 1 aromatic heterocycles. The van der Waals surface area contributed by atoms with Crippen LogP contribution in [0, 0.1) is 5.82 Å².